The van der Waals surface area contributed by atoms with Gasteiger partial charge in [-0.05, 0) is 43.2 Å². The number of carboxylic acids is 1. The van der Waals surface area contributed by atoms with Crippen molar-refractivity contribution in [2.45, 2.75) is 19.9 Å². The fourth-order valence-corrected chi connectivity index (χ4v) is 2.40. The fraction of sp³-hybridized carbons (Fsp3) is 0.188. The zero-order valence-electron chi connectivity index (χ0n) is 11.4. The van der Waals surface area contributed by atoms with Gasteiger partial charge in [-0.25, -0.2) is 4.79 Å². The van der Waals surface area contributed by atoms with Gasteiger partial charge in [0.2, 0.25) is 0 Å². The van der Waals surface area contributed by atoms with Gasteiger partial charge in [-0.15, -0.1) is 0 Å². The largest absolute Gasteiger partial charge is 0.478 e. The lowest BCUT2D eigenvalue weighted by atomic mass is 10.1. The van der Waals surface area contributed by atoms with Crippen molar-refractivity contribution in [1.29, 1.82) is 0 Å². The number of rotatable bonds is 4. The Kier molecular flexibility index (Phi) is 4.30. The molecule has 0 radical (unpaired) electrons. The molecule has 104 valence electrons. The van der Waals surface area contributed by atoms with E-state index in [1.54, 1.807) is 12.1 Å². The van der Waals surface area contributed by atoms with Gasteiger partial charge in [-0.2, -0.15) is 0 Å². The molecule has 0 fully saturated rings. The molecule has 2 aromatic rings. The topological polar surface area (TPSA) is 49.3 Å². The van der Waals surface area contributed by atoms with E-state index in [2.05, 4.69) is 5.32 Å². The Morgan fingerprint density at radius 2 is 1.95 bits per heavy atom. The Morgan fingerprint density at radius 3 is 2.60 bits per heavy atom. The number of carboxylic acid groups (broad SMARTS) is 1. The first-order chi connectivity index (χ1) is 9.49. The predicted molar refractivity (Wildman–Crippen MR) is 81.6 cm³/mol. The molecular weight excluding hydrogens is 274 g/mol. The number of carbonyl (C=O) groups is 1. The Morgan fingerprint density at radius 1 is 1.25 bits per heavy atom. The van der Waals surface area contributed by atoms with Crippen LogP contribution in [0.5, 0.6) is 0 Å². The molecule has 0 aromatic heterocycles. The Labute approximate surface area is 123 Å². The smallest absolute Gasteiger partial charge is 0.337 e. The molecule has 0 amide bonds. The van der Waals surface area contributed by atoms with E-state index in [-0.39, 0.29) is 11.6 Å². The maximum atomic E-state index is 11.3. The highest BCUT2D eigenvalue weighted by atomic mass is 35.5. The second kappa shape index (κ2) is 5.97. The number of hydrogen-bond acceptors (Lipinski definition) is 2. The van der Waals surface area contributed by atoms with E-state index in [9.17, 15) is 9.90 Å². The van der Waals surface area contributed by atoms with Gasteiger partial charge in [0.05, 0.1) is 11.6 Å². The molecule has 2 N–H and O–H groups in total. The van der Waals surface area contributed by atoms with Crippen LogP contribution in [-0.4, -0.2) is 11.1 Å². The van der Waals surface area contributed by atoms with Crippen LogP contribution in [0.2, 0.25) is 5.02 Å². The van der Waals surface area contributed by atoms with Gasteiger partial charge in [-0.1, -0.05) is 35.9 Å². The van der Waals surface area contributed by atoms with E-state index in [0.717, 1.165) is 11.1 Å². The highest BCUT2D eigenvalue weighted by Crippen LogP contribution is 2.27. The number of hydrogen-bond donors (Lipinski definition) is 2. The van der Waals surface area contributed by atoms with Crippen molar-refractivity contribution in [2.24, 2.45) is 0 Å². The van der Waals surface area contributed by atoms with E-state index in [4.69, 9.17) is 11.6 Å². The molecule has 0 bridgehead atoms. The molecule has 0 saturated carbocycles. The van der Waals surface area contributed by atoms with E-state index in [0.29, 0.717) is 10.7 Å². The molecule has 0 spiro atoms. The predicted octanol–water partition coefficient (Wildman–Crippen LogP) is 4.52. The summed E-state index contributed by atoms with van der Waals surface area (Å²) in [6.07, 6.45) is 0. The third kappa shape index (κ3) is 3.11. The molecule has 20 heavy (non-hydrogen) atoms. The molecule has 2 aromatic carbocycles. The minimum absolute atomic E-state index is 0.0800. The van der Waals surface area contributed by atoms with Crippen LogP contribution in [0.25, 0.3) is 0 Å². The van der Waals surface area contributed by atoms with Crippen molar-refractivity contribution >= 4 is 23.3 Å². The van der Waals surface area contributed by atoms with Crippen LogP contribution >= 0.6 is 11.6 Å². The number of aromatic carboxylic acids is 1. The average Bonchev–Trinajstić information content (AvgIpc) is 2.38. The second-order valence-electron chi connectivity index (χ2n) is 4.74. The van der Waals surface area contributed by atoms with E-state index < -0.39 is 5.97 Å². The van der Waals surface area contributed by atoms with Gasteiger partial charge in [-0.3, -0.25) is 0 Å². The molecule has 4 heteroatoms. The van der Waals surface area contributed by atoms with Crippen LogP contribution in [0.3, 0.4) is 0 Å². The molecule has 0 saturated heterocycles. The summed E-state index contributed by atoms with van der Waals surface area (Å²) in [5.74, 6) is -0.946. The second-order valence-corrected chi connectivity index (χ2v) is 5.15. The lowest BCUT2D eigenvalue weighted by Crippen LogP contribution is -2.11. The molecule has 0 heterocycles. The fourth-order valence-electron chi connectivity index (χ4n) is 2.10. The quantitative estimate of drug-likeness (QED) is 0.870. The summed E-state index contributed by atoms with van der Waals surface area (Å²) in [4.78, 5) is 11.3. The minimum atomic E-state index is -0.946. The van der Waals surface area contributed by atoms with Crippen molar-refractivity contribution in [2.75, 3.05) is 5.32 Å². The standard InChI is InChI=1S/C16H16ClNO2/c1-10-7-8-13(16(19)20)15(9-10)18-11(2)12-5-3-4-6-14(12)17/h3-9,11,18H,1-2H3,(H,19,20). The first-order valence-electron chi connectivity index (χ1n) is 6.34. The maximum absolute atomic E-state index is 11.3. The Balaban J connectivity index is 2.32. The zero-order chi connectivity index (χ0) is 14.7. The summed E-state index contributed by atoms with van der Waals surface area (Å²) in [7, 11) is 0. The van der Waals surface area contributed by atoms with Gasteiger partial charge < -0.3 is 10.4 Å². The summed E-state index contributed by atoms with van der Waals surface area (Å²) in [6, 6.07) is 12.7. The van der Waals surface area contributed by atoms with Crippen molar-refractivity contribution in [3.63, 3.8) is 0 Å². The van der Waals surface area contributed by atoms with E-state index >= 15 is 0 Å². The van der Waals surface area contributed by atoms with Gasteiger partial charge in [0.1, 0.15) is 0 Å². The summed E-state index contributed by atoms with van der Waals surface area (Å²) < 4.78 is 0. The van der Waals surface area contributed by atoms with Gasteiger partial charge in [0.15, 0.2) is 0 Å². The Hall–Kier alpha value is -2.00. The van der Waals surface area contributed by atoms with Gasteiger partial charge in [0, 0.05) is 10.7 Å². The SMILES string of the molecule is Cc1ccc(C(=O)O)c(NC(C)c2ccccc2Cl)c1. The number of anilines is 1. The summed E-state index contributed by atoms with van der Waals surface area (Å²) in [5.41, 5.74) is 2.80. The van der Waals surface area contributed by atoms with Crippen LogP contribution in [0, 0.1) is 6.92 Å². The first-order valence-corrected chi connectivity index (χ1v) is 6.71. The lowest BCUT2D eigenvalue weighted by molar-refractivity contribution is 0.0698. The molecule has 0 aliphatic rings. The molecule has 2 rings (SSSR count). The third-order valence-electron chi connectivity index (χ3n) is 3.15. The van der Waals surface area contributed by atoms with Crippen LogP contribution in [-0.2, 0) is 0 Å². The summed E-state index contributed by atoms with van der Waals surface area (Å²) >= 11 is 6.16. The zero-order valence-corrected chi connectivity index (χ0v) is 12.1. The number of halogens is 1. The van der Waals surface area contributed by atoms with Crippen molar-refractivity contribution in [3.8, 4) is 0 Å². The van der Waals surface area contributed by atoms with Crippen LogP contribution in [0.4, 0.5) is 5.69 Å². The van der Waals surface area contributed by atoms with Crippen molar-refractivity contribution < 1.29 is 9.90 Å². The van der Waals surface area contributed by atoms with Crippen molar-refractivity contribution in [3.05, 3.63) is 64.2 Å². The van der Waals surface area contributed by atoms with Crippen LogP contribution in [0.1, 0.15) is 34.5 Å². The normalized spacial score (nSPS) is 11.9. The molecule has 1 unspecified atom stereocenters. The Bertz CT molecular complexity index is 640. The molecule has 0 aliphatic carbocycles. The first kappa shape index (κ1) is 14.4. The summed E-state index contributed by atoms with van der Waals surface area (Å²) in [5, 5.41) is 13.1. The third-order valence-corrected chi connectivity index (χ3v) is 3.49. The van der Waals surface area contributed by atoms with Gasteiger partial charge in [0.25, 0.3) is 0 Å². The molecule has 0 aliphatic heterocycles. The maximum Gasteiger partial charge on any atom is 0.337 e. The highest BCUT2D eigenvalue weighted by Gasteiger charge is 2.14. The lowest BCUT2D eigenvalue weighted by Gasteiger charge is -2.18. The van der Waals surface area contributed by atoms with Gasteiger partial charge >= 0.3 is 5.97 Å². The monoisotopic (exact) mass is 289 g/mol. The van der Waals surface area contributed by atoms with Crippen LogP contribution < -0.4 is 5.32 Å². The minimum Gasteiger partial charge on any atom is -0.478 e. The van der Waals surface area contributed by atoms with Crippen molar-refractivity contribution in [1.82, 2.24) is 0 Å². The highest BCUT2D eigenvalue weighted by molar-refractivity contribution is 6.31. The van der Waals surface area contributed by atoms with E-state index in [1.165, 1.54) is 0 Å². The number of benzene rings is 2. The average molecular weight is 290 g/mol. The van der Waals surface area contributed by atoms with Crippen LogP contribution in [0.15, 0.2) is 42.5 Å². The number of nitrogens with one attached hydrogen (secondary N) is 1. The van der Waals surface area contributed by atoms with E-state index in [1.807, 2.05) is 44.2 Å². The summed E-state index contributed by atoms with van der Waals surface area (Å²) in [6.45, 7) is 3.88. The molecule has 3 nitrogen and oxygen atoms in total. The molecule has 1 atom stereocenters. The number of aryl methyl sites for hydroxylation is 1. The molecular formula is C16H16ClNO2.